The Morgan fingerprint density at radius 3 is 2.67 bits per heavy atom. The van der Waals surface area contributed by atoms with E-state index in [0.29, 0.717) is 36.6 Å². The third-order valence-corrected chi connectivity index (χ3v) is 4.66. The van der Waals surface area contributed by atoms with Crippen LogP contribution in [0.4, 0.5) is 5.69 Å². The molecule has 130 valence electrons. The first kappa shape index (κ1) is 16.6. The van der Waals surface area contributed by atoms with Gasteiger partial charge in [-0.05, 0) is 44.2 Å². The monoisotopic (exact) mass is 332 g/mol. The Labute approximate surface area is 141 Å². The Hall–Kier alpha value is -2.24. The van der Waals surface area contributed by atoms with Crippen molar-refractivity contribution in [3.8, 4) is 11.5 Å². The Morgan fingerprint density at radius 1 is 1.21 bits per heavy atom. The molecule has 0 aromatic heterocycles. The summed E-state index contributed by atoms with van der Waals surface area (Å²) < 4.78 is 11.4. The van der Waals surface area contributed by atoms with Crippen LogP contribution in [0.25, 0.3) is 0 Å². The molecule has 1 saturated carbocycles. The van der Waals surface area contributed by atoms with Crippen LogP contribution in [-0.4, -0.2) is 31.6 Å². The minimum atomic E-state index is -0.191. The van der Waals surface area contributed by atoms with Gasteiger partial charge in [-0.3, -0.25) is 9.59 Å². The molecule has 6 nitrogen and oxygen atoms in total. The van der Waals surface area contributed by atoms with Crippen LogP contribution in [0.15, 0.2) is 18.2 Å². The molecular weight excluding hydrogens is 308 g/mol. The number of hydrogen-bond donors (Lipinski definition) is 2. The molecule has 0 spiro atoms. The molecule has 1 aliphatic carbocycles. The molecule has 2 aliphatic rings. The summed E-state index contributed by atoms with van der Waals surface area (Å²) in [5.74, 6) is 1.08. The van der Waals surface area contributed by atoms with Crippen LogP contribution in [0.1, 0.15) is 38.5 Å². The number of amides is 2. The third kappa shape index (κ3) is 3.99. The zero-order valence-corrected chi connectivity index (χ0v) is 14.0. The first-order chi connectivity index (χ1) is 11.7. The first-order valence-electron chi connectivity index (χ1n) is 8.58. The van der Waals surface area contributed by atoms with Crippen LogP contribution < -0.4 is 20.1 Å². The molecule has 1 aliphatic heterocycles. The summed E-state index contributed by atoms with van der Waals surface area (Å²) in [6, 6.07) is 5.43. The van der Waals surface area contributed by atoms with Crippen molar-refractivity contribution < 1.29 is 19.1 Å². The van der Waals surface area contributed by atoms with E-state index in [-0.39, 0.29) is 23.8 Å². The smallest absolute Gasteiger partial charge is 0.229 e. The van der Waals surface area contributed by atoms with Crippen LogP contribution in [-0.2, 0) is 9.59 Å². The molecule has 1 saturated heterocycles. The first-order valence-corrected chi connectivity index (χ1v) is 8.58. The molecule has 1 atom stereocenters. The predicted molar refractivity (Wildman–Crippen MR) is 90.2 cm³/mol. The van der Waals surface area contributed by atoms with Crippen LogP contribution >= 0.6 is 0 Å². The maximum atomic E-state index is 12.4. The molecule has 6 heteroatoms. The van der Waals surface area contributed by atoms with Crippen molar-refractivity contribution in [1.82, 2.24) is 5.32 Å². The largest absolute Gasteiger partial charge is 0.493 e. The third-order valence-electron chi connectivity index (χ3n) is 4.66. The maximum absolute atomic E-state index is 12.4. The van der Waals surface area contributed by atoms with E-state index in [1.807, 2.05) is 12.1 Å². The summed E-state index contributed by atoms with van der Waals surface area (Å²) >= 11 is 0. The van der Waals surface area contributed by atoms with E-state index in [9.17, 15) is 9.59 Å². The van der Waals surface area contributed by atoms with Crippen molar-refractivity contribution in [3.63, 3.8) is 0 Å². The van der Waals surface area contributed by atoms with Gasteiger partial charge in [0, 0.05) is 24.7 Å². The standard InChI is InChI=1S/C18H24N2O4/c1-23-15-8-7-13(10-16(15)24-14-4-2-3-5-14)20-18(22)12-6-9-17(21)19-11-12/h7-8,10,12,14H,2-6,9,11H2,1H3,(H,19,21)(H,20,22)/t12-/m0/s1. The van der Waals surface area contributed by atoms with Gasteiger partial charge >= 0.3 is 0 Å². The van der Waals surface area contributed by atoms with E-state index in [0.717, 1.165) is 12.8 Å². The summed E-state index contributed by atoms with van der Waals surface area (Å²) in [7, 11) is 1.61. The lowest BCUT2D eigenvalue weighted by molar-refractivity contribution is -0.126. The van der Waals surface area contributed by atoms with Gasteiger partial charge in [-0.2, -0.15) is 0 Å². The van der Waals surface area contributed by atoms with Crippen LogP contribution in [0.2, 0.25) is 0 Å². The second-order valence-corrected chi connectivity index (χ2v) is 6.42. The number of carbonyl (C=O) groups is 2. The second kappa shape index (κ2) is 7.55. The Morgan fingerprint density at radius 2 is 2.00 bits per heavy atom. The van der Waals surface area contributed by atoms with Crippen LogP contribution in [0.3, 0.4) is 0 Å². The molecule has 24 heavy (non-hydrogen) atoms. The molecule has 1 heterocycles. The normalized spacial score (nSPS) is 21.2. The minimum absolute atomic E-state index is 0.00995. The molecule has 3 rings (SSSR count). The summed E-state index contributed by atoms with van der Waals surface area (Å²) in [6.45, 7) is 0.395. The fourth-order valence-electron chi connectivity index (χ4n) is 3.23. The number of anilines is 1. The van der Waals surface area contributed by atoms with E-state index >= 15 is 0 Å². The van der Waals surface area contributed by atoms with Gasteiger partial charge in [0.05, 0.1) is 19.1 Å². The van der Waals surface area contributed by atoms with Crippen molar-refractivity contribution >= 4 is 17.5 Å². The number of methoxy groups -OCH3 is 1. The van der Waals surface area contributed by atoms with Gasteiger partial charge in [0.2, 0.25) is 11.8 Å². The number of nitrogens with one attached hydrogen (secondary N) is 2. The number of benzene rings is 1. The van der Waals surface area contributed by atoms with Crippen LogP contribution in [0, 0.1) is 5.92 Å². The van der Waals surface area contributed by atoms with Crippen LogP contribution in [0.5, 0.6) is 11.5 Å². The zero-order valence-electron chi connectivity index (χ0n) is 14.0. The maximum Gasteiger partial charge on any atom is 0.229 e. The Balaban J connectivity index is 1.66. The fraction of sp³-hybridized carbons (Fsp3) is 0.556. The molecule has 2 fully saturated rings. The predicted octanol–water partition coefficient (Wildman–Crippen LogP) is 2.48. The highest BCUT2D eigenvalue weighted by atomic mass is 16.5. The average molecular weight is 332 g/mol. The van der Waals surface area contributed by atoms with Crippen molar-refractivity contribution in [2.45, 2.75) is 44.6 Å². The molecule has 1 aromatic carbocycles. The lowest BCUT2D eigenvalue weighted by atomic mass is 9.98. The second-order valence-electron chi connectivity index (χ2n) is 6.42. The van der Waals surface area contributed by atoms with Gasteiger partial charge in [0.25, 0.3) is 0 Å². The van der Waals surface area contributed by atoms with E-state index in [1.54, 1.807) is 13.2 Å². The summed E-state index contributed by atoms with van der Waals surface area (Å²) in [5.41, 5.74) is 0.686. The number of rotatable bonds is 5. The molecule has 1 aromatic rings. The number of ether oxygens (including phenoxy) is 2. The molecule has 2 N–H and O–H groups in total. The lowest BCUT2D eigenvalue weighted by Crippen LogP contribution is -2.40. The van der Waals surface area contributed by atoms with Gasteiger partial charge in [0.15, 0.2) is 11.5 Å². The number of piperidine rings is 1. The van der Waals surface area contributed by atoms with Gasteiger partial charge < -0.3 is 20.1 Å². The molecule has 0 bridgehead atoms. The fourth-order valence-corrected chi connectivity index (χ4v) is 3.23. The Bertz CT molecular complexity index is 601. The summed E-state index contributed by atoms with van der Waals surface area (Å²) in [6.07, 6.45) is 5.70. The van der Waals surface area contributed by atoms with Gasteiger partial charge in [0.1, 0.15) is 0 Å². The molecule has 0 radical (unpaired) electrons. The van der Waals surface area contributed by atoms with Crippen molar-refractivity contribution in [2.24, 2.45) is 5.92 Å². The molecule has 0 unspecified atom stereocenters. The minimum Gasteiger partial charge on any atom is -0.493 e. The summed E-state index contributed by atoms with van der Waals surface area (Å²) in [4.78, 5) is 23.5. The number of hydrogen-bond acceptors (Lipinski definition) is 4. The quantitative estimate of drug-likeness (QED) is 0.868. The van der Waals surface area contributed by atoms with E-state index in [4.69, 9.17) is 9.47 Å². The van der Waals surface area contributed by atoms with E-state index < -0.39 is 0 Å². The van der Waals surface area contributed by atoms with Gasteiger partial charge in [-0.25, -0.2) is 0 Å². The average Bonchev–Trinajstić information content (AvgIpc) is 3.09. The van der Waals surface area contributed by atoms with E-state index in [1.165, 1.54) is 12.8 Å². The van der Waals surface area contributed by atoms with E-state index in [2.05, 4.69) is 10.6 Å². The zero-order chi connectivity index (χ0) is 16.9. The van der Waals surface area contributed by atoms with Gasteiger partial charge in [-0.1, -0.05) is 0 Å². The van der Waals surface area contributed by atoms with Crippen molar-refractivity contribution in [2.75, 3.05) is 19.0 Å². The highest BCUT2D eigenvalue weighted by Gasteiger charge is 2.25. The Kier molecular flexibility index (Phi) is 5.23. The summed E-state index contributed by atoms with van der Waals surface area (Å²) in [5, 5.41) is 5.65. The SMILES string of the molecule is COc1ccc(NC(=O)[C@H]2CCC(=O)NC2)cc1OC1CCCC1. The lowest BCUT2D eigenvalue weighted by Gasteiger charge is -2.22. The van der Waals surface area contributed by atoms with Gasteiger partial charge in [-0.15, -0.1) is 0 Å². The molecular formula is C18H24N2O4. The highest BCUT2D eigenvalue weighted by Crippen LogP contribution is 2.34. The van der Waals surface area contributed by atoms with Crippen molar-refractivity contribution in [1.29, 1.82) is 0 Å². The topological polar surface area (TPSA) is 76.7 Å². The molecule has 2 amide bonds. The van der Waals surface area contributed by atoms with Crippen molar-refractivity contribution in [3.05, 3.63) is 18.2 Å². The highest BCUT2D eigenvalue weighted by molar-refractivity contribution is 5.94. The number of carbonyl (C=O) groups excluding carboxylic acids is 2.